The van der Waals surface area contributed by atoms with Crippen LogP contribution in [0.3, 0.4) is 0 Å². The molecule has 0 saturated heterocycles. The van der Waals surface area contributed by atoms with Crippen LogP contribution in [0.15, 0.2) is 48.5 Å². The lowest BCUT2D eigenvalue weighted by atomic mass is 9.84. The van der Waals surface area contributed by atoms with Gasteiger partial charge in [0.15, 0.2) is 46.0 Å². The molecule has 10 nitrogen and oxygen atoms in total. The Bertz CT molecular complexity index is 1710. The summed E-state index contributed by atoms with van der Waals surface area (Å²) in [5.41, 5.74) is 9.11. The molecule has 4 aromatic rings. The summed E-state index contributed by atoms with van der Waals surface area (Å²) in [6, 6.07) is 16.8. The molecule has 50 heavy (non-hydrogen) atoms. The van der Waals surface area contributed by atoms with E-state index in [1.807, 2.05) is 0 Å². The topological polar surface area (TPSA) is 97.9 Å². The van der Waals surface area contributed by atoms with Crippen LogP contribution in [0.4, 0.5) is 0 Å². The fourth-order valence-electron chi connectivity index (χ4n) is 7.42. The zero-order valence-corrected chi connectivity index (χ0v) is 30.3. The van der Waals surface area contributed by atoms with E-state index in [-0.39, 0.29) is 12.1 Å². The summed E-state index contributed by atoms with van der Waals surface area (Å²) in [7, 11) is 13.4. The standard InChI is InChI=1S/C40H48N2O8/c1-43-33-15-23-9-11-41-31(29(23)21-39(33)49-7)13-25-17-35(45-3)37(47-5)19-27(25)28-20-38(48-6)36(46-4)18-26(28)14-32-30-22-40(50-8)34(44-2)16-24(30)10-12-42-32/h15-22,31-32,41-42H,9-14H2,1-8H3/t31-,32+. The van der Waals surface area contributed by atoms with Crippen LogP contribution in [0.25, 0.3) is 11.1 Å². The van der Waals surface area contributed by atoms with Gasteiger partial charge in [-0.3, -0.25) is 0 Å². The third kappa shape index (κ3) is 6.69. The summed E-state index contributed by atoms with van der Waals surface area (Å²) < 4.78 is 46.1. The first-order chi connectivity index (χ1) is 24.4. The van der Waals surface area contributed by atoms with Gasteiger partial charge in [-0.1, -0.05) is 0 Å². The van der Waals surface area contributed by atoms with Gasteiger partial charge < -0.3 is 48.5 Å². The van der Waals surface area contributed by atoms with Crippen molar-refractivity contribution in [1.29, 1.82) is 0 Å². The number of fused-ring (bicyclic) bond motifs is 2. The van der Waals surface area contributed by atoms with Gasteiger partial charge in [0.1, 0.15) is 0 Å². The second-order valence-corrected chi connectivity index (χ2v) is 12.5. The van der Waals surface area contributed by atoms with E-state index in [0.29, 0.717) is 47.3 Å². The molecule has 6 rings (SSSR count). The van der Waals surface area contributed by atoms with E-state index in [0.717, 1.165) is 59.7 Å². The van der Waals surface area contributed by atoms with Gasteiger partial charge in [0.05, 0.1) is 56.9 Å². The van der Waals surface area contributed by atoms with E-state index in [4.69, 9.17) is 37.9 Å². The van der Waals surface area contributed by atoms with Crippen molar-refractivity contribution in [3.8, 4) is 57.1 Å². The molecule has 0 aliphatic carbocycles. The molecule has 0 fully saturated rings. The molecule has 0 saturated carbocycles. The number of nitrogens with one attached hydrogen (secondary N) is 2. The molecule has 0 radical (unpaired) electrons. The predicted molar refractivity (Wildman–Crippen MR) is 193 cm³/mol. The molecule has 4 aromatic carbocycles. The molecule has 0 amide bonds. The molecule has 0 aromatic heterocycles. The minimum atomic E-state index is 0.0216. The van der Waals surface area contributed by atoms with E-state index in [2.05, 4.69) is 59.2 Å². The van der Waals surface area contributed by atoms with E-state index in [1.165, 1.54) is 22.3 Å². The highest BCUT2D eigenvalue weighted by Crippen LogP contribution is 2.45. The van der Waals surface area contributed by atoms with Gasteiger partial charge in [-0.15, -0.1) is 0 Å². The van der Waals surface area contributed by atoms with Crippen molar-refractivity contribution in [1.82, 2.24) is 10.6 Å². The second kappa shape index (κ2) is 15.4. The second-order valence-electron chi connectivity index (χ2n) is 12.5. The lowest BCUT2D eigenvalue weighted by molar-refractivity contribution is 0.351. The van der Waals surface area contributed by atoms with E-state index >= 15 is 0 Å². The van der Waals surface area contributed by atoms with Crippen molar-refractivity contribution in [2.24, 2.45) is 0 Å². The molecular formula is C40H48N2O8. The Morgan fingerprint density at radius 1 is 0.420 bits per heavy atom. The quantitative estimate of drug-likeness (QED) is 0.168. The molecule has 10 heteroatoms. The number of ether oxygens (including phenoxy) is 8. The maximum Gasteiger partial charge on any atom is 0.161 e. The highest BCUT2D eigenvalue weighted by Gasteiger charge is 2.28. The minimum absolute atomic E-state index is 0.0216. The highest BCUT2D eigenvalue weighted by atomic mass is 16.5. The van der Waals surface area contributed by atoms with Crippen molar-refractivity contribution in [3.63, 3.8) is 0 Å². The fourth-order valence-corrected chi connectivity index (χ4v) is 7.42. The zero-order chi connectivity index (χ0) is 35.4. The summed E-state index contributed by atoms with van der Waals surface area (Å²) in [5, 5.41) is 7.53. The molecule has 2 N–H and O–H groups in total. The normalized spacial score (nSPS) is 16.5. The number of hydrogen-bond acceptors (Lipinski definition) is 10. The van der Waals surface area contributed by atoms with Crippen molar-refractivity contribution >= 4 is 0 Å². The van der Waals surface area contributed by atoms with Crippen LogP contribution in [0.2, 0.25) is 0 Å². The molecular weight excluding hydrogens is 636 g/mol. The van der Waals surface area contributed by atoms with Crippen LogP contribution >= 0.6 is 0 Å². The van der Waals surface area contributed by atoms with Crippen LogP contribution < -0.4 is 48.5 Å². The number of hydrogen-bond donors (Lipinski definition) is 2. The summed E-state index contributed by atoms with van der Waals surface area (Å²) in [6.45, 7) is 1.69. The number of methoxy groups -OCH3 is 8. The Morgan fingerprint density at radius 2 is 0.720 bits per heavy atom. The molecule has 266 valence electrons. The van der Waals surface area contributed by atoms with Gasteiger partial charge in [0.25, 0.3) is 0 Å². The van der Waals surface area contributed by atoms with Gasteiger partial charge in [-0.05, 0) is 132 Å². The van der Waals surface area contributed by atoms with Gasteiger partial charge in [-0.25, -0.2) is 0 Å². The molecule has 0 spiro atoms. The van der Waals surface area contributed by atoms with Crippen LogP contribution in [0.1, 0.15) is 45.5 Å². The van der Waals surface area contributed by atoms with E-state index < -0.39 is 0 Å². The van der Waals surface area contributed by atoms with Crippen molar-refractivity contribution < 1.29 is 37.9 Å². The SMILES string of the molecule is COc1cc(C[C@@H]2NCCc3cc(OC)c(OC)cc32)c(-c2cc(OC)c(OC)cc2C[C@H]2NCCc3cc(OC)c(OC)cc32)cc1OC. The third-order valence-electron chi connectivity index (χ3n) is 9.97. The van der Waals surface area contributed by atoms with Crippen molar-refractivity contribution in [2.75, 3.05) is 70.0 Å². The summed E-state index contributed by atoms with van der Waals surface area (Å²) in [5.74, 6) is 5.53. The van der Waals surface area contributed by atoms with Crippen LogP contribution in [-0.4, -0.2) is 70.0 Å². The maximum absolute atomic E-state index is 5.88. The maximum atomic E-state index is 5.88. The number of rotatable bonds is 13. The first kappa shape index (κ1) is 35.0. The van der Waals surface area contributed by atoms with Crippen molar-refractivity contribution in [3.05, 3.63) is 81.9 Å². The third-order valence-corrected chi connectivity index (χ3v) is 9.97. The van der Waals surface area contributed by atoms with Crippen LogP contribution in [0.5, 0.6) is 46.0 Å². The van der Waals surface area contributed by atoms with Gasteiger partial charge in [0, 0.05) is 12.1 Å². The monoisotopic (exact) mass is 684 g/mol. The average molecular weight is 685 g/mol. The molecule has 2 heterocycles. The van der Waals surface area contributed by atoms with Crippen LogP contribution in [-0.2, 0) is 25.7 Å². The zero-order valence-electron chi connectivity index (χ0n) is 30.3. The largest absolute Gasteiger partial charge is 0.493 e. The van der Waals surface area contributed by atoms with Gasteiger partial charge in [-0.2, -0.15) is 0 Å². The average Bonchev–Trinajstić information content (AvgIpc) is 3.16. The van der Waals surface area contributed by atoms with E-state index in [9.17, 15) is 0 Å². The Kier molecular flexibility index (Phi) is 10.8. The van der Waals surface area contributed by atoms with Crippen LogP contribution in [0, 0.1) is 0 Å². The molecule has 2 atom stereocenters. The Hall–Kier alpha value is -4.80. The molecule has 0 unspecified atom stereocenters. The smallest absolute Gasteiger partial charge is 0.161 e. The van der Waals surface area contributed by atoms with E-state index in [1.54, 1.807) is 56.9 Å². The first-order valence-electron chi connectivity index (χ1n) is 16.9. The summed E-state index contributed by atoms with van der Waals surface area (Å²) in [4.78, 5) is 0. The van der Waals surface area contributed by atoms with Gasteiger partial charge >= 0.3 is 0 Å². The predicted octanol–water partition coefficient (Wildman–Crippen LogP) is 6.28. The molecule has 0 bridgehead atoms. The molecule has 2 aliphatic heterocycles. The fraction of sp³-hybridized carbons (Fsp3) is 0.400. The summed E-state index contributed by atoms with van der Waals surface area (Å²) >= 11 is 0. The van der Waals surface area contributed by atoms with Gasteiger partial charge in [0.2, 0.25) is 0 Å². The first-order valence-corrected chi connectivity index (χ1v) is 16.9. The Morgan fingerprint density at radius 3 is 1.06 bits per heavy atom. The Balaban J connectivity index is 1.49. The summed E-state index contributed by atoms with van der Waals surface area (Å²) in [6.07, 6.45) is 3.18. The molecule has 2 aliphatic rings. The van der Waals surface area contributed by atoms with Crippen molar-refractivity contribution in [2.45, 2.75) is 37.8 Å². The highest BCUT2D eigenvalue weighted by molar-refractivity contribution is 5.77. The Labute approximate surface area is 294 Å². The minimum Gasteiger partial charge on any atom is -0.493 e. The lowest BCUT2D eigenvalue weighted by Gasteiger charge is -2.30. The lowest BCUT2D eigenvalue weighted by Crippen LogP contribution is -2.31. The number of benzene rings is 4.